The maximum Gasteiger partial charge on any atom is -0.0300 e. The zero-order chi connectivity index (χ0) is 14.4. The van der Waals surface area contributed by atoms with Crippen LogP contribution in [0.5, 0.6) is 0 Å². The molecule has 2 fully saturated rings. The predicted octanol–water partition coefficient (Wildman–Crippen LogP) is 6.16. The lowest BCUT2D eigenvalue weighted by molar-refractivity contribution is -0.170. The van der Waals surface area contributed by atoms with Crippen molar-refractivity contribution in [2.45, 2.75) is 80.6 Å². The molecule has 5 atom stereocenters. The molecule has 0 heteroatoms. The molecule has 2 saturated carbocycles. The smallest absolute Gasteiger partial charge is 0.0300 e. The van der Waals surface area contributed by atoms with Gasteiger partial charge in [-0.2, -0.15) is 0 Å². The Kier molecular flexibility index (Phi) is 4.11. The summed E-state index contributed by atoms with van der Waals surface area (Å²) in [6.45, 7) is 17.2. The van der Waals surface area contributed by atoms with Crippen molar-refractivity contribution < 1.29 is 0 Å². The lowest BCUT2D eigenvalue weighted by atomic mass is 9.39. The molecule has 0 spiro atoms. The Balaban J connectivity index is 2.04. The highest BCUT2D eigenvalue weighted by molar-refractivity contribution is 5.08. The van der Waals surface area contributed by atoms with Gasteiger partial charge in [0.2, 0.25) is 0 Å². The van der Waals surface area contributed by atoms with E-state index in [1.807, 2.05) is 0 Å². The largest absolute Gasteiger partial charge is 0.0651 e. The highest BCUT2D eigenvalue weighted by Crippen LogP contribution is 2.66. The van der Waals surface area contributed by atoms with Gasteiger partial charge in [0.15, 0.2) is 0 Å². The molecule has 19 heavy (non-hydrogen) atoms. The van der Waals surface area contributed by atoms with Crippen molar-refractivity contribution in [3.8, 4) is 0 Å². The molecule has 0 radical (unpaired) electrons. The maximum atomic E-state index is 2.56. The van der Waals surface area contributed by atoms with Crippen LogP contribution in [0.2, 0.25) is 0 Å². The van der Waals surface area contributed by atoms with Crippen molar-refractivity contribution in [2.24, 2.45) is 40.4 Å². The van der Waals surface area contributed by atoms with Gasteiger partial charge in [-0.1, -0.05) is 54.9 Å². The first-order chi connectivity index (χ1) is 8.65. The van der Waals surface area contributed by atoms with Gasteiger partial charge in [-0.3, -0.25) is 0 Å². The number of hydrogen-bond donors (Lipinski definition) is 0. The number of fused-ring (bicyclic) bond motifs is 1. The summed E-state index contributed by atoms with van der Waals surface area (Å²) in [5.74, 6) is 5.19. The van der Waals surface area contributed by atoms with E-state index in [2.05, 4.69) is 48.5 Å². The molecule has 0 aliphatic heterocycles. The molecule has 0 saturated heterocycles. The van der Waals surface area contributed by atoms with Crippen LogP contribution in [0.25, 0.3) is 0 Å². The molecule has 0 bridgehead atoms. The second-order valence-corrected chi connectivity index (χ2v) is 9.57. The van der Waals surface area contributed by atoms with Crippen molar-refractivity contribution >= 4 is 0 Å². The first kappa shape index (κ1) is 15.4. The topological polar surface area (TPSA) is 0 Å². The Morgan fingerprint density at radius 1 is 1.00 bits per heavy atom. The van der Waals surface area contributed by atoms with E-state index >= 15 is 0 Å². The van der Waals surface area contributed by atoms with Gasteiger partial charge in [-0.15, -0.1) is 0 Å². The molecule has 0 aromatic rings. The molecule has 5 unspecified atom stereocenters. The zero-order valence-electron chi connectivity index (χ0n) is 14.4. The van der Waals surface area contributed by atoms with E-state index in [4.69, 9.17) is 0 Å². The van der Waals surface area contributed by atoms with Crippen molar-refractivity contribution in [3.05, 3.63) is 0 Å². The zero-order valence-corrected chi connectivity index (χ0v) is 14.4. The summed E-state index contributed by atoms with van der Waals surface area (Å²) in [7, 11) is 0. The maximum absolute atomic E-state index is 2.56. The molecule has 0 nitrogen and oxygen atoms in total. The molecule has 112 valence electrons. The van der Waals surface area contributed by atoms with Gasteiger partial charge in [-0.25, -0.2) is 0 Å². The van der Waals surface area contributed by atoms with Crippen LogP contribution >= 0.6 is 0 Å². The van der Waals surface area contributed by atoms with Crippen LogP contribution in [0.1, 0.15) is 80.6 Å². The van der Waals surface area contributed by atoms with Gasteiger partial charge >= 0.3 is 0 Å². The first-order valence-electron chi connectivity index (χ1n) is 8.65. The molecule has 2 aliphatic carbocycles. The summed E-state index contributed by atoms with van der Waals surface area (Å²) in [5.41, 5.74) is 1.01. The lowest BCUT2D eigenvalue weighted by Crippen LogP contribution is -2.59. The third kappa shape index (κ3) is 3.03. The monoisotopic (exact) mass is 264 g/mol. The third-order valence-electron chi connectivity index (χ3n) is 6.12. The fourth-order valence-electron chi connectivity index (χ4n) is 5.56. The Labute approximate surface area is 121 Å². The van der Waals surface area contributed by atoms with Gasteiger partial charge in [0.05, 0.1) is 0 Å². The predicted molar refractivity (Wildman–Crippen MR) is 85.1 cm³/mol. The van der Waals surface area contributed by atoms with Crippen LogP contribution in [-0.4, -0.2) is 0 Å². The van der Waals surface area contributed by atoms with Crippen molar-refractivity contribution in [3.63, 3.8) is 0 Å². The molecule has 0 amide bonds. The average Bonchev–Trinajstić information content (AvgIpc) is 2.19. The third-order valence-corrected chi connectivity index (χ3v) is 6.12. The van der Waals surface area contributed by atoms with Gasteiger partial charge in [0.1, 0.15) is 0 Å². The molecular formula is C19H36. The minimum atomic E-state index is 0.471. The summed E-state index contributed by atoms with van der Waals surface area (Å²) >= 11 is 0. The molecular weight excluding hydrogens is 228 g/mol. The molecule has 0 N–H and O–H groups in total. The summed E-state index contributed by atoms with van der Waals surface area (Å²) < 4.78 is 0. The fraction of sp³-hybridized carbons (Fsp3) is 1.00. The van der Waals surface area contributed by atoms with Gasteiger partial charge in [-0.05, 0) is 66.1 Å². The van der Waals surface area contributed by atoms with Gasteiger partial charge in [0.25, 0.3) is 0 Å². The van der Waals surface area contributed by atoms with E-state index in [-0.39, 0.29) is 0 Å². The van der Waals surface area contributed by atoms with Crippen LogP contribution in [-0.2, 0) is 0 Å². The minimum absolute atomic E-state index is 0.471. The van der Waals surface area contributed by atoms with E-state index in [9.17, 15) is 0 Å². The van der Waals surface area contributed by atoms with Crippen LogP contribution in [0.3, 0.4) is 0 Å². The van der Waals surface area contributed by atoms with Crippen molar-refractivity contribution in [1.29, 1.82) is 0 Å². The van der Waals surface area contributed by atoms with Crippen molar-refractivity contribution in [2.75, 3.05) is 0 Å². The van der Waals surface area contributed by atoms with E-state index in [1.54, 1.807) is 0 Å². The second-order valence-electron chi connectivity index (χ2n) is 9.57. The summed E-state index contributed by atoms with van der Waals surface area (Å²) in [5, 5.41) is 0. The minimum Gasteiger partial charge on any atom is -0.0651 e. The Bertz CT molecular complexity index is 306. The molecule has 0 heterocycles. The molecule has 2 aliphatic rings. The van der Waals surface area contributed by atoms with Crippen molar-refractivity contribution in [1.82, 2.24) is 0 Å². The molecule has 0 aromatic carbocycles. The van der Waals surface area contributed by atoms with E-state index < -0.39 is 0 Å². The fourth-order valence-corrected chi connectivity index (χ4v) is 5.56. The summed E-state index contributed by atoms with van der Waals surface area (Å²) in [6.07, 6.45) is 7.30. The van der Waals surface area contributed by atoms with E-state index in [0.717, 1.165) is 29.6 Å². The Hall–Kier alpha value is 0. The van der Waals surface area contributed by atoms with Crippen LogP contribution in [0.4, 0.5) is 0 Å². The van der Waals surface area contributed by atoms with E-state index in [1.165, 1.54) is 32.1 Å². The second kappa shape index (κ2) is 5.08. The molecule has 0 aromatic heterocycles. The number of rotatable bonds is 5. The standard InChI is InChI=1S/C19H36/c1-8-13(2)11-16-14-9-10-15(14)17(16)19(6,7)12-18(3,4)5/h13-17H,8-12H2,1-7H3. The van der Waals surface area contributed by atoms with E-state index in [0.29, 0.717) is 10.8 Å². The summed E-state index contributed by atoms with van der Waals surface area (Å²) in [6, 6.07) is 0. The highest BCUT2D eigenvalue weighted by Gasteiger charge is 2.59. The van der Waals surface area contributed by atoms with Crippen LogP contribution in [0.15, 0.2) is 0 Å². The number of hydrogen-bond acceptors (Lipinski definition) is 0. The van der Waals surface area contributed by atoms with Crippen LogP contribution < -0.4 is 0 Å². The lowest BCUT2D eigenvalue weighted by Gasteiger charge is -2.66. The summed E-state index contributed by atoms with van der Waals surface area (Å²) in [4.78, 5) is 0. The SMILES string of the molecule is CCC(C)CC1C2CCC2C1C(C)(C)CC(C)(C)C. The Morgan fingerprint density at radius 2 is 1.58 bits per heavy atom. The average molecular weight is 264 g/mol. The first-order valence-corrected chi connectivity index (χ1v) is 8.65. The van der Waals surface area contributed by atoms with Crippen LogP contribution in [0, 0.1) is 40.4 Å². The highest BCUT2D eigenvalue weighted by atomic mass is 14.6. The quantitative estimate of drug-likeness (QED) is 0.558. The van der Waals surface area contributed by atoms with Gasteiger partial charge < -0.3 is 0 Å². The molecule has 2 rings (SSSR count). The normalized spacial score (nSPS) is 36.2. The Morgan fingerprint density at radius 3 is 2.00 bits per heavy atom. The van der Waals surface area contributed by atoms with Gasteiger partial charge in [0, 0.05) is 0 Å².